The Morgan fingerprint density at radius 1 is 1.21 bits per heavy atom. The zero-order valence-corrected chi connectivity index (χ0v) is 16.6. The van der Waals surface area contributed by atoms with Gasteiger partial charge in [-0.2, -0.15) is 0 Å². The van der Waals surface area contributed by atoms with Crippen molar-refractivity contribution in [2.24, 2.45) is 11.8 Å². The summed E-state index contributed by atoms with van der Waals surface area (Å²) in [7, 11) is 1.35. The molecule has 0 spiro atoms. The van der Waals surface area contributed by atoms with Gasteiger partial charge >= 0.3 is 5.97 Å². The van der Waals surface area contributed by atoms with Crippen LogP contribution in [0, 0.1) is 22.0 Å². The Labute approximate surface area is 163 Å². The van der Waals surface area contributed by atoms with Crippen LogP contribution in [0.4, 0.5) is 5.69 Å². The molecular formula is C19H26N2O7. The predicted octanol–water partition coefficient (Wildman–Crippen LogP) is 2.66. The molecule has 9 heteroatoms. The fourth-order valence-electron chi connectivity index (χ4n) is 3.45. The summed E-state index contributed by atoms with van der Waals surface area (Å²) in [5.41, 5.74) is -0.764. The fraction of sp³-hybridized carbons (Fsp3) is 0.579. The number of likely N-dealkylation sites (tertiary alicyclic amines) is 1. The summed E-state index contributed by atoms with van der Waals surface area (Å²) < 4.78 is 15.5. The van der Waals surface area contributed by atoms with Gasteiger partial charge in [0.25, 0.3) is 11.6 Å². The minimum Gasteiger partial charge on any atom is -0.493 e. The summed E-state index contributed by atoms with van der Waals surface area (Å²) in [4.78, 5) is 37.1. The molecule has 1 heterocycles. The molecule has 0 saturated carbocycles. The maximum atomic E-state index is 12.4. The summed E-state index contributed by atoms with van der Waals surface area (Å²) in [6, 6.07) is 2.32. The molecule has 28 heavy (non-hydrogen) atoms. The molecule has 1 fully saturated rings. The highest BCUT2D eigenvalue weighted by atomic mass is 16.6. The highest BCUT2D eigenvalue weighted by Crippen LogP contribution is 2.35. The lowest BCUT2D eigenvalue weighted by atomic mass is 9.92. The average molecular weight is 394 g/mol. The number of nitro benzene ring substituents is 1. The molecule has 0 unspecified atom stereocenters. The standard InChI is InChI=1S/C19H26N2O7/c1-5-27-17-7-14(15(21(24)25)8-16(17)26-4)19(23)28-11-18(22)20-9-12(2)6-13(3)10-20/h7-8,12-13H,5-6,9-11H2,1-4H3/t12-,13-/m0/s1. The minimum atomic E-state index is -0.957. The maximum Gasteiger partial charge on any atom is 0.345 e. The van der Waals surface area contributed by atoms with Crippen molar-refractivity contribution in [2.45, 2.75) is 27.2 Å². The highest BCUT2D eigenvalue weighted by Gasteiger charge is 2.29. The number of piperidine rings is 1. The number of rotatable bonds is 7. The number of hydrogen-bond donors (Lipinski definition) is 0. The van der Waals surface area contributed by atoms with Crippen LogP contribution in [0.5, 0.6) is 11.5 Å². The third kappa shape index (κ3) is 5.11. The lowest BCUT2D eigenvalue weighted by Gasteiger charge is -2.34. The van der Waals surface area contributed by atoms with E-state index in [9.17, 15) is 19.7 Å². The molecule has 154 valence electrons. The Morgan fingerprint density at radius 3 is 2.39 bits per heavy atom. The van der Waals surface area contributed by atoms with Crippen molar-refractivity contribution in [3.63, 3.8) is 0 Å². The van der Waals surface area contributed by atoms with Gasteiger partial charge in [0.1, 0.15) is 5.56 Å². The lowest BCUT2D eigenvalue weighted by Crippen LogP contribution is -2.44. The summed E-state index contributed by atoms with van der Waals surface area (Å²) >= 11 is 0. The van der Waals surface area contributed by atoms with Gasteiger partial charge in [0.2, 0.25) is 0 Å². The van der Waals surface area contributed by atoms with E-state index in [0.29, 0.717) is 24.9 Å². The van der Waals surface area contributed by atoms with Crippen LogP contribution >= 0.6 is 0 Å². The molecule has 0 aromatic heterocycles. The van der Waals surface area contributed by atoms with E-state index in [1.54, 1.807) is 11.8 Å². The highest BCUT2D eigenvalue weighted by molar-refractivity contribution is 5.96. The first-order chi connectivity index (χ1) is 13.3. The van der Waals surface area contributed by atoms with Crippen LogP contribution in [0.2, 0.25) is 0 Å². The normalized spacial score (nSPS) is 19.1. The zero-order chi connectivity index (χ0) is 20.8. The fourth-order valence-corrected chi connectivity index (χ4v) is 3.45. The van der Waals surface area contributed by atoms with Gasteiger partial charge in [-0.25, -0.2) is 4.79 Å². The number of benzene rings is 1. The van der Waals surface area contributed by atoms with Gasteiger partial charge in [-0.15, -0.1) is 0 Å². The molecule has 0 aliphatic carbocycles. The number of methoxy groups -OCH3 is 1. The largest absolute Gasteiger partial charge is 0.493 e. The Kier molecular flexibility index (Phi) is 7.19. The third-order valence-corrected chi connectivity index (χ3v) is 4.55. The van der Waals surface area contributed by atoms with E-state index < -0.39 is 23.2 Å². The van der Waals surface area contributed by atoms with Crippen molar-refractivity contribution in [1.29, 1.82) is 0 Å². The SMILES string of the molecule is CCOc1cc(C(=O)OCC(=O)N2C[C@@H](C)C[C@H](C)C2)c([N+](=O)[O-])cc1OC. The quantitative estimate of drug-likeness (QED) is 0.397. The van der Waals surface area contributed by atoms with Crippen LogP contribution in [0.25, 0.3) is 0 Å². The summed E-state index contributed by atoms with van der Waals surface area (Å²) in [6.45, 7) is 6.90. The Balaban J connectivity index is 2.15. The lowest BCUT2D eigenvalue weighted by molar-refractivity contribution is -0.385. The molecule has 1 amide bonds. The average Bonchev–Trinajstić information content (AvgIpc) is 2.64. The van der Waals surface area contributed by atoms with Crippen LogP contribution < -0.4 is 9.47 Å². The number of hydrogen-bond acceptors (Lipinski definition) is 7. The first kappa shape index (κ1) is 21.5. The van der Waals surface area contributed by atoms with Gasteiger partial charge in [-0.1, -0.05) is 13.8 Å². The summed E-state index contributed by atoms with van der Waals surface area (Å²) in [6.07, 6.45) is 1.04. The van der Waals surface area contributed by atoms with Gasteiger partial charge in [0, 0.05) is 19.2 Å². The van der Waals surface area contributed by atoms with E-state index in [2.05, 4.69) is 13.8 Å². The molecule has 0 N–H and O–H groups in total. The maximum absolute atomic E-state index is 12.4. The van der Waals surface area contributed by atoms with Crippen molar-refractivity contribution >= 4 is 17.6 Å². The van der Waals surface area contributed by atoms with Crippen molar-refractivity contribution in [2.75, 3.05) is 33.4 Å². The molecule has 1 aliphatic heterocycles. The molecule has 1 aliphatic rings. The van der Waals surface area contributed by atoms with Gasteiger partial charge in [0.15, 0.2) is 18.1 Å². The Morgan fingerprint density at radius 2 is 1.86 bits per heavy atom. The second-order valence-electron chi connectivity index (χ2n) is 7.03. The third-order valence-electron chi connectivity index (χ3n) is 4.55. The van der Waals surface area contributed by atoms with Gasteiger partial charge in [-0.05, 0) is 25.2 Å². The van der Waals surface area contributed by atoms with Crippen LogP contribution in [0.3, 0.4) is 0 Å². The van der Waals surface area contributed by atoms with Crippen LogP contribution in [-0.2, 0) is 9.53 Å². The topological polar surface area (TPSA) is 108 Å². The van der Waals surface area contributed by atoms with Crippen molar-refractivity contribution < 1.29 is 28.7 Å². The minimum absolute atomic E-state index is 0.137. The van der Waals surface area contributed by atoms with E-state index in [4.69, 9.17) is 14.2 Å². The zero-order valence-electron chi connectivity index (χ0n) is 16.6. The van der Waals surface area contributed by atoms with Gasteiger partial charge in [-0.3, -0.25) is 14.9 Å². The molecule has 9 nitrogen and oxygen atoms in total. The number of nitrogens with zero attached hydrogens (tertiary/aromatic N) is 2. The second kappa shape index (κ2) is 9.38. The van der Waals surface area contributed by atoms with Crippen LogP contribution in [0.15, 0.2) is 12.1 Å². The molecule has 2 atom stereocenters. The van der Waals surface area contributed by atoms with Crippen molar-refractivity contribution in [3.8, 4) is 11.5 Å². The predicted molar refractivity (Wildman–Crippen MR) is 101 cm³/mol. The van der Waals surface area contributed by atoms with Gasteiger partial charge < -0.3 is 19.1 Å². The summed E-state index contributed by atoms with van der Waals surface area (Å²) in [5.74, 6) is -0.195. The molecular weight excluding hydrogens is 368 g/mol. The van der Waals surface area contributed by atoms with E-state index in [1.807, 2.05) is 0 Å². The number of nitro groups is 1. The number of esters is 1. The first-order valence-electron chi connectivity index (χ1n) is 9.20. The number of carbonyl (C=O) groups excluding carboxylic acids is 2. The monoisotopic (exact) mass is 394 g/mol. The molecule has 1 aromatic carbocycles. The first-order valence-corrected chi connectivity index (χ1v) is 9.20. The Hall–Kier alpha value is -2.84. The summed E-state index contributed by atoms with van der Waals surface area (Å²) in [5, 5.41) is 11.3. The Bertz CT molecular complexity index is 740. The van der Waals surface area contributed by atoms with Crippen LogP contribution in [0.1, 0.15) is 37.6 Å². The van der Waals surface area contributed by atoms with E-state index >= 15 is 0 Å². The van der Waals surface area contributed by atoms with Crippen LogP contribution in [-0.4, -0.2) is 55.1 Å². The second-order valence-corrected chi connectivity index (χ2v) is 7.03. The van der Waals surface area contributed by atoms with E-state index in [0.717, 1.165) is 12.5 Å². The number of ether oxygens (including phenoxy) is 3. The molecule has 2 rings (SSSR count). The smallest absolute Gasteiger partial charge is 0.345 e. The van der Waals surface area contributed by atoms with E-state index in [1.165, 1.54) is 13.2 Å². The number of carbonyl (C=O) groups is 2. The van der Waals surface area contributed by atoms with Crippen molar-refractivity contribution in [1.82, 2.24) is 4.90 Å². The molecule has 0 bridgehead atoms. The van der Waals surface area contributed by atoms with Crippen molar-refractivity contribution in [3.05, 3.63) is 27.8 Å². The molecule has 0 radical (unpaired) electrons. The molecule has 1 saturated heterocycles. The van der Waals surface area contributed by atoms with Gasteiger partial charge in [0.05, 0.1) is 24.7 Å². The number of amides is 1. The molecule has 1 aromatic rings. The van der Waals surface area contributed by atoms with E-state index in [-0.39, 0.29) is 29.6 Å².